The molecule has 1 atom stereocenters. The summed E-state index contributed by atoms with van der Waals surface area (Å²) < 4.78 is 2.23. The van der Waals surface area contributed by atoms with E-state index in [4.69, 9.17) is 0 Å². The van der Waals surface area contributed by atoms with Crippen LogP contribution in [-0.2, 0) is 6.54 Å². The van der Waals surface area contributed by atoms with Crippen molar-refractivity contribution >= 4 is 17.3 Å². The summed E-state index contributed by atoms with van der Waals surface area (Å²) >= 11 is 1.78. The standard InChI is InChI=1S/C14H21N3S/c1-4-5-8-17-10-11(2)15-14(17)16-12(3)13-7-6-9-18-13/h6-7,9-10,12H,4-5,8H2,1-3H3,(H,15,16). The summed E-state index contributed by atoms with van der Waals surface area (Å²) in [6.45, 7) is 7.48. The van der Waals surface area contributed by atoms with Gasteiger partial charge < -0.3 is 9.88 Å². The van der Waals surface area contributed by atoms with E-state index >= 15 is 0 Å². The molecule has 2 aromatic rings. The van der Waals surface area contributed by atoms with Gasteiger partial charge in [-0.05, 0) is 31.7 Å². The smallest absolute Gasteiger partial charge is 0.203 e. The Kier molecular flexibility index (Phi) is 4.42. The van der Waals surface area contributed by atoms with Gasteiger partial charge in [0.25, 0.3) is 0 Å². The van der Waals surface area contributed by atoms with Gasteiger partial charge in [0.05, 0.1) is 11.7 Å². The minimum Gasteiger partial charge on any atom is -0.348 e. The number of rotatable bonds is 6. The molecule has 1 N–H and O–H groups in total. The number of aryl methyl sites for hydroxylation is 2. The van der Waals surface area contributed by atoms with Gasteiger partial charge in [-0.1, -0.05) is 19.4 Å². The lowest BCUT2D eigenvalue weighted by Crippen LogP contribution is -2.10. The number of anilines is 1. The topological polar surface area (TPSA) is 29.9 Å². The van der Waals surface area contributed by atoms with Crippen LogP contribution in [-0.4, -0.2) is 9.55 Å². The molecule has 1 unspecified atom stereocenters. The Bertz CT molecular complexity index is 473. The van der Waals surface area contributed by atoms with E-state index in [1.807, 2.05) is 6.92 Å². The second-order valence-electron chi connectivity index (χ2n) is 4.63. The number of thiophene rings is 1. The molecule has 0 aliphatic rings. The largest absolute Gasteiger partial charge is 0.348 e. The predicted molar refractivity (Wildman–Crippen MR) is 78.2 cm³/mol. The maximum absolute atomic E-state index is 4.57. The van der Waals surface area contributed by atoms with Crippen molar-refractivity contribution in [1.29, 1.82) is 0 Å². The molecule has 0 bridgehead atoms. The molecule has 2 rings (SSSR count). The Hall–Kier alpha value is -1.29. The molecule has 2 heterocycles. The number of unbranched alkanes of at least 4 members (excludes halogenated alkanes) is 1. The van der Waals surface area contributed by atoms with Crippen LogP contribution in [0, 0.1) is 6.92 Å². The summed E-state index contributed by atoms with van der Waals surface area (Å²) in [5.41, 5.74) is 1.08. The van der Waals surface area contributed by atoms with Crippen molar-refractivity contribution in [3.05, 3.63) is 34.3 Å². The zero-order valence-corrected chi connectivity index (χ0v) is 12.1. The zero-order chi connectivity index (χ0) is 13.0. The molecular formula is C14H21N3S. The van der Waals surface area contributed by atoms with Gasteiger partial charge >= 0.3 is 0 Å². The molecule has 0 aromatic carbocycles. The van der Waals surface area contributed by atoms with Crippen LogP contribution in [0.15, 0.2) is 23.7 Å². The van der Waals surface area contributed by atoms with Gasteiger partial charge in [-0.25, -0.2) is 4.98 Å². The van der Waals surface area contributed by atoms with Gasteiger partial charge in [0.1, 0.15) is 0 Å². The third-order valence-corrected chi connectivity index (χ3v) is 4.02. The molecule has 3 nitrogen and oxygen atoms in total. The highest BCUT2D eigenvalue weighted by Crippen LogP contribution is 2.23. The average molecular weight is 263 g/mol. The van der Waals surface area contributed by atoms with Crippen LogP contribution in [0.2, 0.25) is 0 Å². The molecule has 18 heavy (non-hydrogen) atoms. The van der Waals surface area contributed by atoms with E-state index in [1.165, 1.54) is 17.7 Å². The summed E-state index contributed by atoms with van der Waals surface area (Å²) in [5.74, 6) is 0.988. The molecule has 0 fully saturated rings. The van der Waals surface area contributed by atoms with Gasteiger partial charge in [-0.3, -0.25) is 0 Å². The van der Waals surface area contributed by atoms with E-state index in [0.29, 0.717) is 6.04 Å². The Labute approximate surface area is 113 Å². The van der Waals surface area contributed by atoms with Crippen molar-refractivity contribution in [3.8, 4) is 0 Å². The van der Waals surface area contributed by atoms with Crippen molar-refractivity contribution in [1.82, 2.24) is 9.55 Å². The van der Waals surface area contributed by atoms with Crippen LogP contribution in [0.4, 0.5) is 5.95 Å². The molecule has 0 amide bonds. The van der Waals surface area contributed by atoms with Crippen LogP contribution >= 0.6 is 11.3 Å². The molecular weight excluding hydrogens is 242 g/mol. The Balaban J connectivity index is 2.08. The van der Waals surface area contributed by atoms with Crippen LogP contribution < -0.4 is 5.32 Å². The summed E-state index contributed by atoms with van der Waals surface area (Å²) in [6, 6.07) is 4.56. The molecule has 0 radical (unpaired) electrons. The van der Waals surface area contributed by atoms with Crippen molar-refractivity contribution in [2.24, 2.45) is 0 Å². The van der Waals surface area contributed by atoms with E-state index in [2.05, 4.69) is 52.4 Å². The van der Waals surface area contributed by atoms with Gasteiger partial charge in [-0.2, -0.15) is 0 Å². The monoisotopic (exact) mass is 263 g/mol. The molecule has 0 saturated carbocycles. The first-order valence-electron chi connectivity index (χ1n) is 6.54. The SMILES string of the molecule is CCCCn1cc(C)nc1NC(C)c1cccs1. The molecule has 98 valence electrons. The van der Waals surface area contributed by atoms with Gasteiger partial charge in [0, 0.05) is 17.6 Å². The quantitative estimate of drug-likeness (QED) is 0.845. The van der Waals surface area contributed by atoms with E-state index in [-0.39, 0.29) is 0 Å². The van der Waals surface area contributed by atoms with Gasteiger partial charge in [0.2, 0.25) is 5.95 Å². The molecule has 0 spiro atoms. The minimum atomic E-state index is 0.312. The summed E-state index contributed by atoms with van der Waals surface area (Å²) in [6.07, 6.45) is 4.52. The highest BCUT2D eigenvalue weighted by Gasteiger charge is 2.11. The zero-order valence-electron chi connectivity index (χ0n) is 11.3. The fourth-order valence-electron chi connectivity index (χ4n) is 1.96. The Morgan fingerprint density at radius 1 is 1.50 bits per heavy atom. The molecule has 2 aromatic heterocycles. The predicted octanol–water partition coefficient (Wildman–Crippen LogP) is 4.23. The maximum Gasteiger partial charge on any atom is 0.203 e. The average Bonchev–Trinajstić information content (AvgIpc) is 2.96. The normalized spacial score (nSPS) is 12.6. The van der Waals surface area contributed by atoms with Gasteiger partial charge in [0.15, 0.2) is 0 Å². The third-order valence-electron chi connectivity index (χ3n) is 2.97. The number of imidazole rings is 1. The first-order chi connectivity index (χ1) is 8.70. The van der Waals surface area contributed by atoms with Crippen LogP contribution in [0.5, 0.6) is 0 Å². The third kappa shape index (κ3) is 3.13. The second kappa shape index (κ2) is 6.05. The number of hydrogen-bond acceptors (Lipinski definition) is 3. The number of hydrogen-bond donors (Lipinski definition) is 1. The Morgan fingerprint density at radius 3 is 3.00 bits per heavy atom. The Morgan fingerprint density at radius 2 is 2.33 bits per heavy atom. The van der Waals surface area contributed by atoms with Crippen molar-refractivity contribution in [3.63, 3.8) is 0 Å². The minimum absolute atomic E-state index is 0.312. The lowest BCUT2D eigenvalue weighted by atomic mass is 10.3. The van der Waals surface area contributed by atoms with Gasteiger partial charge in [-0.15, -0.1) is 11.3 Å². The second-order valence-corrected chi connectivity index (χ2v) is 5.61. The fourth-order valence-corrected chi connectivity index (χ4v) is 2.70. The summed E-state index contributed by atoms with van der Waals surface area (Å²) in [7, 11) is 0. The fraction of sp³-hybridized carbons (Fsp3) is 0.500. The first kappa shape index (κ1) is 13.1. The van der Waals surface area contributed by atoms with Crippen LogP contribution in [0.25, 0.3) is 0 Å². The first-order valence-corrected chi connectivity index (χ1v) is 7.42. The lowest BCUT2D eigenvalue weighted by molar-refractivity contribution is 0.631. The van der Waals surface area contributed by atoms with Crippen molar-refractivity contribution in [2.75, 3.05) is 5.32 Å². The number of nitrogens with one attached hydrogen (secondary N) is 1. The molecule has 0 aliphatic carbocycles. The summed E-state index contributed by atoms with van der Waals surface area (Å²) in [4.78, 5) is 5.91. The molecule has 0 saturated heterocycles. The van der Waals surface area contributed by atoms with Crippen molar-refractivity contribution < 1.29 is 0 Å². The van der Waals surface area contributed by atoms with E-state index in [9.17, 15) is 0 Å². The van der Waals surface area contributed by atoms with E-state index in [1.54, 1.807) is 11.3 Å². The lowest BCUT2D eigenvalue weighted by Gasteiger charge is -2.14. The van der Waals surface area contributed by atoms with Crippen LogP contribution in [0.3, 0.4) is 0 Å². The number of aromatic nitrogens is 2. The van der Waals surface area contributed by atoms with E-state index < -0.39 is 0 Å². The highest BCUT2D eigenvalue weighted by molar-refractivity contribution is 7.10. The maximum atomic E-state index is 4.57. The number of nitrogens with zero attached hydrogens (tertiary/aromatic N) is 2. The van der Waals surface area contributed by atoms with Crippen molar-refractivity contribution in [2.45, 2.75) is 46.2 Å². The van der Waals surface area contributed by atoms with Crippen LogP contribution in [0.1, 0.15) is 43.3 Å². The highest BCUT2D eigenvalue weighted by atomic mass is 32.1. The molecule has 4 heteroatoms. The molecule has 0 aliphatic heterocycles. The van der Waals surface area contributed by atoms with E-state index in [0.717, 1.165) is 18.2 Å². The summed E-state index contributed by atoms with van der Waals surface area (Å²) in [5, 5.41) is 5.62.